The molecule has 0 atom stereocenters. The van der Waals surface area contributed by atoms with Gasteiger partial charge in [-0.25, -0.2) is 0 Å². The largest absolute Gasteiger partial charge is 0.497 e. The van der Waals surface area contributed by atoms with Gasteiger partial charge in [-0.05, 0) is 46.7 Å². The van der Waals surface area contributed by atoms with Gasteiger partial charge < -0.3 is 9.72 Å². The molecule has 1 N–H and O–H groups in total. The fourth-order valence-corrected chi connectivity index (χ4v) is 2.75. The van der Waals surface area contributed by atoms with E-state index in [0.29, 0.717) is 0 Å². The Labute approximate surface area is 123 Å². The zero-order valence-electron chi connectivity index (χ0n) is 11.8. The van der Waals surface area contributed by atoms with Crippen molar-refractivity contribution in [2.75, 3.05) is 7.11 Å². The van der Waals surface area contributed by atoms with E-state index < -0.39 is 0 Å². The Balaban J connectivity index is 1.86. The van der Waals surface area contributed by atoms with Gasteiger partial charge in [0.1, 0.15) is 5.75 Å². The van der Waals surface area contributed by atoms with Crippen LogP contribution in [-0.2, 0) is 0 Å². The van der Waals surface area contributed by atoms with Crippen molar-refractivity contribution in [2.24, 2.45) is 0 Å². The lowest BCUT2D eigenvalue weighted by Gasteiger charge is -2.04. The van der Waals surface area contributed by atoms with E-state index >= 15 is 0 Å². The summed E-state index contributed by atoms with van der Waals surface area (Å²) in [4.78, 5) is 3.47. The van der Waals surface area contributed by atoms with E-state index in [2.05, 4.69) is 65.6 Å². The molecule has 3 aromatic carbocycles. The zero-order chi connectivity index (χ0) is 14.2. The number of fused-ring (bicyclic) bond motifs is 2. The van der Waals surface area contributed by atoms with Crippen molar-refractivity contribution in [3.8, 4) is 17.0 Å². The molecule has 0 aliphatic carbocycles. The minimum atomic E-state index is 0.890. The Kier molecular flexibility index (Phi) is 2.68. The molecule has 0 saturated carbocycles. The minimum absolute atomic E-state index is 0.890. The van der Waals surface area contributed by atoms with Crippen LogP contribution in [-0.4, -0.2) is 12.1 Å². The second-order valence-electron chi connectivity index (χ2n) is 5.20. The van der Waals surface area contributed by atoms with Crippen LogP contribution >= 0.6 is 0 Å². The van der Waals surface area contributed by atoms with E-state index in [1.165, 1.54) is 27.2 Å². The molecule has 0 amide bonds. The highest BCUT2D eigenvalue weighted by molar-refractivity contribution is 5.91. The van der Waals surface area contributed by atoms with E-state index in [-0.39, 0.29) is 0 Å². The highest BCUT2D eigenvalue weighted by Gasteiger charge is 2.04. The molecule has 2 nitrogen and oxygen atoms in total. The van der Waals surface area contributed by atoms with Gasteiger partial charge in [-0.2, -0.15) is 0 Å². The fourth-order valence-electron chi connectivity index (χ4n) is 2.75. The summed E-state index contributed by atoms with van der Waals surface area (Å²) >= 11 is 0. The molecule has 102 valence electrons. The van der Waals surface area contributed by atoms with Crippen LogP contribution < -0.4 is 4.74 Å². The average Bonchev–Trinajstić information content (AvgIpc) is 2.98. The molecule has 0 spiro atoms. The lowest BCUT2D eigenvalue weighted by atomic mass is 10.0. The number of methoxy groups -OCH3 is 1. The van der Waals surface area contributed by atoms with Crippen LogP contribution in [0.5, 0.6) is 5.75 Å². The van der Waals surface area contributed by atoms with Crippen LogP contribution in [0.1, 0.15) is 0 Å². The van der Waals surface area contributed by atoms with Gasteiger partial charge >= 0.3 is 0 Å². The van der Waals surface area contributed by atoms with Crippen LogP contribution in [0, 0.1) is 0 Å². The van der Waals surface area contributed by atoms with Gasteiger partial charge in [0, 0.05) is 16.6 Å². The lowest BCUT2D eigenvalue weighted by Crippen LogP contribution is -1.83. The van der Waals surface area contributed by atoms with Crippen LogP contribution in [0.15, 0.2) is 66.7 Å². The third-order valence-electron chi connectivity index (χ3n) is 3.89. The predicted molar refractivity (Wildman–Crippen MR) is 87.8 cm³/mol. The van der Waals surface area contributed by atoms with Gasteiger partial charge in [0.2, 0.25) is 0 Å². The number of para-hydroxylation sites is 1. The van der Waals surface area contributed by atoms with Gasteiger partial charge in [0.05, 0.1) is 7.11 Å². The molecule has 2 heteroatoms. The molecule has 1 heterocycles. The van der Waals surface area contributed by atoms with Crippen LogP contribution in [0.25, 0.3) is 32.9 Å². The third-order valence-corrected chi connectivity index (χ3v) is 3.89. The molecule has 0 bridgehead atoms. The van der Waals surface area contributed by atoms with Crippen molar-refractivity contribution < 1.29 is 4.74 Å². The van der Waals surface area contributed by atoms with E-state index in [1.54, 1.807) is 7.11 Å². The molecule has 4 aromatic rings. The topological polar surface area (TPSA) is 25.0 Å². The molecule has 21 heavy (non-hydrogen) atoms. The number of hydrogen-bond donors (Lipinski definition) is 1. The molecule has 4 rings (SSSR count). The number of ether oxygens (including phenoxy) is 1. The summed E-state index contributed by atoms with van der Waals surface area (Å²) in [7, 11) is 1.69. The predicted octanol–water partition coefficient (Wildman–Crippen LogP) is 5.00. The molecule has 0 aliphatic heterocycles. The normalized spacial score (nSPS) is 11.1. The summed E-state index contributed by atoms with van der Waals surface area (Å²) in [6.07, 6.45) is 0. The number of nitrogens with one attached hydrogen (secondary N) is 1. The number of H-pyrrole nitrogens is 1. The first-order valence-electron chi connectivity index (χ1n) is 6.99. The summed E-state index contributed by atoms with van der Waals surface area (Å²) in [6.45, 7) is 0. The van der Waals surface area contributed by atoms with Crippen molar-refractivity contribution in [1.29, 1.82) is 0 Å². The Morgan fingerprint density at radius 1 is 0.762 bits per heavy atom. The van der Waals surface area contributed by atoms with Crippen LogP contribution in [0.2, 0.25) is 0 Å². The quantitative estimate of drug-likeness (QED) is 0.546. The third kappa shape index (κ3) is 2.05. The lowest BCUT2D eigenvalue weighted by molar-refractivity contribution is 0.415. The van der Waals surface area contributed by atoms with Gasteiger partial charge in [-0.1, -0.05) is 36.4 Å². The summed E-state index contributed by atoms with van der Waals surface area (Å²) in [5.74, 6) is 0.890. The number of hydrogen-bond acceptors (Lipinski definition) is 1. The monoisotopic (exact) mass is 273 g/mol. The fraction of sp³-hybridized carbons (Fsp3) is 0.0526. The van der Waals surface area contributed by atoms with Crippen LogP contribution in [0.3, 0.4) is 0 Å². The molecule has 0 radical (unpaired) electrons. The first-order valence-corrected chi connectivity index (χ1v) is 6.99. The Bertz CT molecular complexity index is 904. The highest BCUT2D eigenvalue weighted by atomic mass is 16.5. The summed E-state index contributed by atoms with van der Waals surface area (Å²) in [6, 6.07) is 23.2. The Hall–Kier alpha value is -2.74. The maximum atomic E-state index is 5.27. The minimum Gasteiger partial charge on any atom is -0.497 e. The van der Waals surface area contributed by atoms with Crippen molar-refractivity contribution >= 4 is 21.7 Å². The number of aromatic nitrogens is 1. The molecule has 0 fully saturated rings. The summed E-state index contributed by atoms with van der Waals surface area (Å²) < 4.78 is 5.27. The van der Waals surface area contributed by atoms with E-state index in [9.17, 15) is 0 Å². The first-order chi connectivity index (χ1) is 10.3. The maximum Gasteiger partial charge on any atom is 0.119 e. The van der Waals surface area contributed by atoms with Crippen LogP contribution in [0.4, 0.5) is 0 Å². The molecule has 0 saturated heterocycles. The van der Waals surface area contributed by atoms with Gasteiger partial charge in [0.15, 0.2) is 0 Å². The maximum absolute atomic E-state index is 5.27. The molecule has 1 aromatic heterocycles. The van der Waals surface area contributed by atoms with Gasteiger partial charge in [0.25, 0.3) is 0 Å². The van der Waals surface area contributed by atoms with Gasteiger partial charge in [-0.15, -0.1) is 0 Å². The number of benzene rings is 3. The van der Waals surface area contributed by atoms with E-state index in [0.717, 1.165) is 11.4 Å². The molecular formula is C19H15NO. The smallest absolute Gasteiger partial charge is 0.119 e. The van der Waals surface area contributed by atoms with Crippen molar-refractivity contribution in [1.82, 2.24) is 4.98 Å². The number of rotatable bonds is 2. The van der Waals surface area contributed by atoms with Crippen molar-refractivity contribution in [2.45, 2.75) is 0 Å². The zero-order valence-corrected chi connectivity index (χ0v) is 11.8. The second-order valence-corrected chi connectivity index (χ2v) is 5.20. The Morgan fingerprint density at radius 3 is 2.43 bits per heavy atom. The van der Waals surface area contributed by atoms with E-state index in [1.807, 2.05) is 6.07 Å². The SMILES string of the molecule is COc1ccc2cc(-c3cc4ccccc4[nH]3)ccc2c1. The summed E-state index contributed by atoms with van der Waals surface area (Å²) in [5.41, 5.74) is 3.51. The summed E-state index contributed by atoms with van der Waals surface area (Å²) in [5, 5.41) is 3.64. The van der Waals surface area contributed by atoms with Crippen molar-refractivity contribution in [3.63, 3.8) is 0 Å². The Morgan fingerprint density at radius 2 is 1.57 bits per heavy atom. The molecule has 0 unspecified atom stereocenters. The standard InChI is InChI=1S/C19H15NO/c1-21-17-9-8-13-10-16(7-6-14(13)11-17)19-12-15-4-2-3-5-18(15)20-19/h2-12,20H,1H3. The molecular weight excluding hydrogens is 258 g/mol. The molecule has 0 aliphatic rings. The van der Waals surface area contributed by atoms with E-state index in [4.69, 9.17) is 4.74 Å². The van der Waals surface area contributed by atoms with Crippen molar-refractivity contribution in [3.05, 3.63) is 66.7 Å². The first kappa shape index (κ1) is 12.0. The number of aromatic amines is 1. The second kappa shape index (κ2) is 4.67. The average molecular weight is 273 g/mol. The van der Waals surface area contributed by atoms with Gasteiger partial charge in [-0.3, -0.25) is 0 Å². The highest BCUT2D eigenvalue weighted by Crippen LogP contribution is 2.28.